The lowest BCUT2D eigenvalue weighted by Crippen LogP contribution is -2.27. The number of carbonyl (C=O) groups is 1. The molecule has 1 heterocycles. The van der Waals surface area contributed by atoms with Gasteiger partial charge in [-0.15, -0.1) is 0 Å². The molecule has 1 fully saturated rings. The summed E-state index contributed by atoms with van der Waals surface area (Å²) in [7, 11) is 6.00. The van der Waals surface area contributed by atoms with Crippen LogP contribution in [-0.4, -0.2) is 42.1 Å². The standard InChI is InChI=1S/C18H19N3.C11H13NO/c1-21(2)13-15-9-7-14(8-10-15)11-12-18-16-5-3-4-6-17(16)19-20-18;1-12(11(13)9-7-8-9)10-5-3-2-4-6-10/h3-12H,13H2,1-2H3,(H,19,20);2-6,9H,7-8H2,1H3/b12-11+;. The summed E-state index contributed by atoms with van der Waals surface area (Å²) in [6.45, 7) is 0.966. The van der Waals surface area contributed by atoms with Gasteiger partial charge in [-0.2, -0.15) is 5.10 Å². The molecule has 1 saturated carbocycles. The molecule has 4 aromatic rings. The number of aromatic amines is 1. The van der Waals surface area contributed by atoms with Crippen molar-refractivity contribution in [3.63, 3.8) is 0 Å². The second-order valence-electron chi connectivity index (χ2n) is 8.97. The Labute approximate surface area is 201 Å². The highest BCUT2D eigenvalue weighted by atomic mass is 16.2. The van der Waals surface area contributed by atoms with Crippen LogP contribution in [0.5, 0.6) is 0 Å². The van der Waals surface area contributed by atoms with E-state index >= 15 is 0 Å². The molecular formula is C29H32N4O. The second kappa shape index (κ2) is 10.9. The number of rotatable bonds is 6. The molecule has 5 rings (SSSR count). The average Bonchev–Trinajstić information content (AvgIpc) is 3.63. The molecule has 0 atom stereocenters. The molecule has 0 saturated heterocycles. The third-order valence-electron chi connectivity index (χ3n) is 5.81. The van der Waals surface area contributed by atoms with Crippen molar-refractivity contribution in [3.05, 3.63) is 95.7 Å². The zero-order valence-electron chi connectivity index (χ0n) is 20.1. The van der Waals surface area contributed by atoms with Crippen molar-refractivity contribution in [1.29, 1.82) is 0 Å². The van der Waals surface area contributed by atoms with Gasteiger partial charge in [-0.3, -0.25) is 9.89 Å². The van der Waals surface area contributed by atoms with E-state index in [-0.39, 0.29) is 5.91 Å². The Balaban J connectivity index is 0.000000180. The first kappa shape index (κ1) is 23.5. The van der Waals surface area contributed by atoms with Crippen molar-refractivity contribution in [2.75, 3.05) is 26.0 Å². The molecule has 1 aliphatic carbocycles. The first-order chi connectivity index (χ1) is 16.5. The van der Waals surface area contributed by atoms with E-state index in [1.54, 1.807) is 4.90 Å². The fourth-order valence-electron chi connectivity index (χ4n) is 3.77. The summed E-state index contributed by atoms with van der Waals surface area (Å²) in [6.07, 6.45) is 6.29. The SMILES string of the molecule is CN(C(=O)C1CC1)c1ccccc1.CN(C)Cc1ccc(/C=C/c2n[nH]c3ccccc23)cc1. The smallest absolute Gasteiger partial charge is 0.229 e. The maximum Gasteiger partial charge on any atom is 0.229 e. The van der Waals surface area contributed by atoms with Crippen molar-refractivity contribution in [2.24, 2.45) is 5.92 Å². The molecule has 1 amide bonds. The van der Waals surface area contributed by atoms with Crippen LogP contribution in [0, 0.1) is 5.92 Å². The molecule has 0 radical (unpaired) electrons. The van der Waals surface area contributed by atoms with E-state index < -0.39 is 0 Å². The summed E-state index contributed by atoms with van der Waals surface area (Å²) in [5.41, 5.74) is 5.54. The number of fused-ring (bicyclic) bond motifs is 1. The zero-order chi connectivity index (χ0) is 23.9. The van der Waals surface area contributed by atoms with Crippen molar-refractivity contribution in [1.82, 2.24) is 15.1 Å². The number of amides is 1. The minimum atomic E-state index is 0.256. The van der Waals surface area contributed by atoms with Crippen molar-refractivity contribution < 1.29 is 4.79 Å². The molecule has 1 aromatic heterocycles. The van der Waals surface area contributed by atoms with Crippen LogP contribution < -0.4 is 4.90 Å². The Kier molecular flexibility index (Phi) is 7.55. The van der Waals surface area contributed by atoms with Gasteiger partial charge in [0.25, 0.3) is 0 Å². The van der Waals surface area contributed by atoms with Gasteiger partial charge in [-0.05, 0) is 62.3 Å². The largest absolute Gasteiger partial charge is 0.315 e. The first-order valence-corrected chi connectivity index (χ1v) is 11.7. The molecule has 0 unspecified atom stereocenters. The van der Waals surface area contributed by atoms with Crippen LogP contribution in [0.2, 0.25) is 0 Å². The molecule has 3 aromatic carbocycles. The summed E-state index contributed by atoms with van der Waals surface area (Å²) in [5, 5.41) is 8.55. The van der Waals surface area contributed by atoms with Crippen LogP contribution in [0.1, 0.15) is 29.7 Å². The Morgan fingerprint density at radius 2 is 1.59 bits per heavy atom. The van der Waals surface area contributed by atoms with Crippen molar-refractivity contribution in [2.45, 2.75) is 19.4 Å². The summed E-state index contributed by atoms with van der Waals surface area (Å²) < 4.78 is 0. The summed E-state index contributed by atoms with van der Waals surface area (Å²) in [6, 6.07) is 26.6. The van der Waals surface area contributed by atoms with E-state index in [4.69, 9.17) is 0 Å². The van der Waals surface area contributed by atoms with Gasteiger partial charge in [-0.1, -0.05) is 66.7 Å². The first-order valence-electron chi connectivity index (χ1n) is 11.7. The highest BCUT2D eigenvalue weighted by molar-refractivity contribution is 5.95. The topological polar surface area (TPSA) is 52.2 Å². The lowest BCUT2D eigenvalue weighted by molar-refractivity contribution is -0.119. The number of aromatic nitrogens is 2. The van der Waals surface area contributed by atoms with Crippen LogP contribution in [0.25, 0.3) is 23.1 Å². The summed E-state index contributed by atoms with van der Waals surface area (Å²) in [4.78, 5) is 15.5. The van der Waals surface area contributed by atoms with Gasteiger partial charge in [0.05, 0.1) is 11.2 Å². The van der Waals surface area contributed by atoms with E-state index in [0.29, 0.717) is 5.92 Å². The van der Waals surface area contributed by atoms with E-state index in [2.05, 4.69) is 71.7 Å². The van der Waals surface area contributed by atoms with Gasteiger partial charge >= 0.3 is 0 Å². The predicted molar refractivity (Wildman–Crippen MR) is 141 cm³/mol. The Morgan fingerprint density at radius 1 is 0.912 bits per heavy atom. The molecule has 0 bridgehead atoms. The number of benzene rings is 3. The monoisotopic (exact) mass is 452 g/mol. The average molecular weight is 453 g/mol. The van der Waals surface area contributed by atoms with Crippen LogP contribution in [0.3, 0.4) is 0 Å². The van der Waals surface area contributed by atoms with Gasteiger partial charge in [0, 0.05) is 30.6 Å². The molecule has 174 valence electrons. The number of hydrogen-bond donors (Lipinski definition) is 1. The number of anilines is 1. The second-order valence-corrected chi connectivity index (χ2v) is 8.97. The molecule has 34 heavy (non-hydrogen) atoms. The molecule has 1 aliphatic rings. The molecular weight excluding hydrogens is 420 g/mol. The number of para-hydroxylation sites is 2. The Bertz CT molecular complexity index is 1240. The van der Waals surface area contributed by atoms with Gasteiger partial charge in [0.1, 0.15) is 0 Å². The van der Waals surface area contributed by atoms with Crippen LogP contribution in [0.15, 0.2) is 78.9 Å². The number of nitrogens with one attached hydrogen (secondary N) is 1. The van der Waals surface area contributed by atoms with Gasteiger partial charge in [0.2, 0.25) is 5.91 Å². The van der Waals surface area contributed by atoms with Crippen LogP contribution in [-0.2, 0) is 11.3 Å². The van der Waals surface area contributed by atoms with Gasteiger partial charge in [0.15, 0.2) is 0 Å². The molecule has 1 N–H and O–H groups in total. The highest BCUT2D eigenvalue weighted by Gasteiger charge is 2.32. The molecule has 0 aliphatic heterocycles. The van der Waals surface area contributed by atoms with E-state index in [9.17, 15) is 4.79 Å². The third-order valence-corrected chi connectivity index (χ3v) is 5.81. The highest BCUT2D eigenvalue weighted by Crippen LogP contribution is 2.32. The number of hydrogen-bond acceptors (Lipinski definition) is 3. The van der Waals surface area contributed by atoms with Gasteiger partial charge in [-0.25, -0.2) is 0 Å². The van der Waals surface area contributed by atoms with Crippen LogP contribution in [0.4, 0.5) is 5.69 Å². The lowest BCUT2D eigenvalue weighted by Gasteiger charge is -2.16. The summed E-state index contributed by atoms with van der Waals surface area (Å²) in [5.74, 6) is 0.552. The maximum atomic E-state index is 11.6. The minimum absolute atomic E-state index is 0.256. The fraction of sp³-hybridized carbons (Fsp3) is 0.241. The van der Waals surface area contributed by atoms with E-state index in [1.165, 1.54) is 11.1 Å². The number of carbonyl (C=O) groups excluding carboxylic acids is 1. The molecule has 5 nitrogen and oxygen atoms in total. The zero-order valence-corrected chi connectivity index (χ0v) is 20.1. The summed E-state index contributed by atoms with van der Waals surface area (Å²) >= 11 is 0. The van der Waals surface area contributed by atoms with Crippen LogP contribution >= 0.6 is 0 Å². The van der Waals surface area contributed by atoms with Gasteiger partial charge < -0.3 is 9.80 Å². The molecule has 0 spiro atoms. The Morgan fingerprint density at radius 3 is 2.26 bits per heavy atom. The minimum Gasteiger partial charge on any atom is -0.315 e. The normalized spacial score (nSPS) is 13.2. The lowest BCUT2D eigenvalue weighted by atomic mass is 10.1. The van der Waals surface area contributed by atoms with Crippen molar-refractivity contribution >= 4 is 34.6 Å². The number of nitrogens with zero attached hydrogens (tertiary/aromatic N) is 3. The Hall–Kier alpha value is -3.70. The maximum absolute atomic E-state index is 11.6. The fourth-order valence-corrected chi connectivity index (χ4v) is 3.77. The quantitative estimate of drug-likeness (QED) is 0.399. The van der Waals surface area contributed by atoms with E-state index in [1.807, 2.05) is 55.6 Å². The molecule has 5 heteroatoms. The van der Waals surface area contributed by atoms with Crippen molar-refractivity contribution in [3.8, 4) is 0 Å². The third kappa shape index (κ3) is 6.21. The number of H-pyrrole nitrogens is 1. The van der Waals surface area contributed by atoms with E-state index in [0.717, 1.165) is 41.7 Å². The predicted octanol–water partition coefficient (Wildman–Crippen LogP) is 5.85.